The van der Waals surface area contributed by atoms with Crippen molar-refractivity contribution >= 4 is 17.5 Å². The molecule has 0 aliphatic carbocycles. The van der Waals surface area contributed by atoms with Crippen molar-refractivity contribution in [2.45, 2.75) is 6.18 Å². The Hall–Kier alpha value is -2.60. The second-order valence-corrected chi connectivity index (χ2v) is 5.93. The molecule has 0 bridgehead atoms. The lowest BCUT2D eigenvalue weighted by Gasteiger charge is -2.28. The van der Waals surface area contributed by atoms with Gasteiger partial charge in [-0.15, -0.1) is 0 Å². The summed E-state index contributed by atoms with van der Waals surface area (Å²) in [6.45, 7) is 2.92. The van der Waals surface area contributed by atoms with Crippen molar-refractivity contribution < 1.29 is 22.7 Å². The number of benzene rings is 2. The molecule has 0 amide bonds. The monoisotopic (exact) mass is 361 g/mol. The quantitative estimate of drug-likeness (QED) is 0.596. The summed E-state index contributed by atoms with van der Waals surface area (Å²) < 4.78 is 44.3. The number of ether oxygens (including phenoxy) is 1. The third-order valence-corrected chi connectivity index (χ3v) is 4.21. The first-order valence-corrected chi connectivity index (χ1v) is 8.26. The van der Waals surface area contributed by atoms with E-state index in [9.17, 15) is 18.0 Å². The molecule has 3 rings (SSSR count). The fraction of sp³-hybridized carbons (Fsp3) is 0.250. The molecule has 1 fully saturated rings. The molecule has 1 heterocycles. The normalized spacial score (nSPS) is 15.4. The van der Waals surface area contributed by atoms with Gasteiger partial charge in [-0.2, -0.15) is 13.2 Å². The van der Waals surface area contributed by atoms with Gasteiger partial charge in [-0.05, 0) is 42.0 Å². The van der Waals surface area contributed by atoms with E-state index < -0.39 is 11.7 Å². The molecule has 0 spiro atoms. The predicted octanol–water partition coefficient (Wildman–Crippen LogP) is 4.44. The summed E-state index contributed by atoms with van der Waals surface area (Å²) in [4.78, 5) is 14.4. The number of rotatable bonds is 4. The molecule has 0 unspecified atom stereocenters. The van der Waals surface area contributed by atoms with Crippen LogP contribution in [0.5, 0.6) is 0 Å². The van der Waals surface area contributed by atoms with E-state index in [2.05, 4.69) is 4.90 Å². The molecule has 2 aromatic rings. The van der Waals surface area contributed by atoms with Crippen molar-refractivity contribution in [1.82, 2.24) is 0 Å². The number of anilines is 1. The Morgan fingerprint density at radius 3 is 2.31 bits per heavy atom. The number of ketones is 1. The summed E-state index contributed by atoms with van der Waals surface area (Å²) in [6, 6.07) is 12.2. The average molecular weight is 361 g/mol. The molecule has 1 saturated heterocycles. The van der Waals surface area contributed by atoms with Gasteiger partial charge >= 0.3 is 6.18 Å². The van der Waals surface area contributed by atoms with Crippen LogP contribution in [0.2, 0.25) is 0 Å². The molecule has 0 radical (unpaired) electrons. The van der Waals surface area contributed by atoms with Gasteiger partial charge in [0, 0.05) is 24.3 Å². The van der Waals surface area contributed by atoms with Crippen LogP contribution in [0.15, 0.2) is 54.6 Å². The third kappa shape index (κ3) is 4.32. The average Bonchev–Trinajstić information content (AvgIpc) is 2.66. The molecule has 6 heteroatoms. The van der Waals surface area contributed by atoms with E-state index in [-0.39, 0.29) is 11.3 Å². The van der Waals surface area contributed by atoms with Crippen molar-refractivity contribution in [1.29, 1.82) is 0 Å². The van der Waals surface area contributed by atoms with Gasteiger partial charge in [0.1, 0.15) is 0 Å². The van der Waals surface area contributed by atoms with E-state index in [1.807, 2.05) is 12.1 Å². The van der Waals surface area contributed by atoms with Crippen LogP contribution in [-0.2, 0) is 10.9 Å². The molecule has 0 saturated carbocycles. The van der Waals surface area contributed by atoms with Crippen LogP contribution < -0.4 is 4.90 Å². The Kier molecular flexibility index (Phi) is 5.42. The number of hydrogen-bond donors (Lipinski definition) is 0. The molecule has 26 heavy (non-hydrogen) atoms. The third-order valence-electron chi connectivity index (χ3n) is 4.21. The minimum Gasteiger partial charge on any atom is -0.378 e. The van der Waals surface area contributed by atoms with Gasteiger partial charge in [0.15, 0.2) is 5.78 Å². The van der Waals surface area contributed by atoms with Gasteiger partial charge in [0.05, 0.1) is 18.8 Å². The van der Waals surface area contributed by atoms with E-state index >= 15 is 0 Å². The molecular weight excluding hydrogens is 343 g/mol. The van der Waals surface area contributed by atoms with Gasteiger partial charge in [0.25, 0.3) is 0 Å². The van der Waals surface area contributed by atoms with Gasteiger partial charge < -0.3 is 9.64 Å². The molecule has 3 nitrogen and oxygen atoms in total. The maximum Gasteiger partial charge on any atom is 0.416 e. The van der Waals surface area contributed by atoms with E-state index in [0.29, 0.717) is 18.8 Å². The van der Waals surface area contributed by atoms with Crippen molar-refractivity contribution in [3.05, 3.63) is 71.3 Å². The van der Waals surface area contributed by atoms with E-state index in [1.165, 1.54) is 30.4 Å². The van der Waals surface area contributed by atoms with Gasteiger partial charge in [-0.3, -0.25) is 4.79 Å². The number of carbonyl (C=O) groups excluding carboxylic acids is 1. The van der Waals surface area contributed by atoms with Crippen LogP contribution in [0.1, 0.15) is 21.5 Å². The summed E-state index contributed by atoms with van der Waals surface area (Å²) in [5.41, 5.74) is 0.643. The van der Waals surface area contributed by atoms with Crippen molar-refractivity contribution in [3.8, 4) is 0 Å². The fourth-order valence-corrected chi connectivity index (χ4v) is 2.82. The summed E-state index contributed by atoms with van der Waals surface area (Å²) in [5.74, 6) is -0.337. The van der Waals surface area contributed by atoms with Gasteiger partial charge in [-0.1, -0.05) is 24.3 Å². The van der Waals surface area contributed by atoms with Crippen molar-refractivity contribution in [2.75, 3.05) is 31.2 Å². The van der Waals surface area contributed by atoms with E-state index in [4.69, 9.17) is 4.74 Å². The molecule has 0 atom stereocenters. The number of halogens is 3. The molecule has 136 valence electrons. The van der Waals surface area contributed by atoms with E-state index in [1.54, 1.807) is 12.1 Å². The van der Waals surface area contributed by atoms with Crippen molar-refractivity contribution in [3.63, 3.8) is 0 Å². The number of nitrogens with zero attached hydrogens (tertiary/aromatic N) is 1. The summed E-state index contributed by atoms with van der Waals surface area (Å²) in [5, 5.41) is 0. The zero-order valence-electron chi connectivity index (χ0n) is 14.0. The van der Waals surface area contributed by atoms with E-state index in [0.717, 1.165) is 24.8 Å². The molecule has 1 aliphatic rings. The second-order valence-electron chi connectivity index (χ2n) is 5.93. The topological polar surface area (TPSA) is 29.5 Å². The number of allylic oxidation sites excluding steroid dienone is 1. The predicted molar refractivity (Wildman–Crippen MR) is 94.3 cm³/mol. The number of carbonyl (C=O) groups is 1. The highest BCUT2D eigenvalue weighted by atomic mass is 19.4. The largest absolute Gasteiger partial charge is 0.416 e. The van der Waals surface area contributed by atoms with Crippen LogP contribution in [0, 0.1) is 0 Å². The zero-order valence-corrected chi connectivity index (χ0v) is 14.0. The lowest BCUT2D eigenvalue weighted by atomic mass is 10.0. The van der Waals surface area contributed by atoms with Crippen LogP contribution in [0.25, 0.3) is 6.08 Å². The SMILES string of the molecule is O=C(/C=C/c1ccccc1C(F)(F)F)c1ccc(N2CCOCC2)cc1. The number of morpholine rings is 1. The highest BCUT2D eigenvalue weighted by Gasteiger charge is 2.32. The van der Waals surface area contributed by atoms with Crippen LogP contribution in [0.4, 0.5) is 18.9 Å². The summed E-state index contributed by atoms with van der Waals surface area (Å²) in [7, 11) is 0. The standard InChI is InChI=1S/C20H18F3NO2/c21-20(22,23)18-4-2-1-3-15(18)7-10-19(25)16-5-8-17(9-6-16)24-11-13-26-14-12-24/h1-10H,11-14H2/b10-7+. The second kappa shape index (κ2) is 7.74. The molecular formula is C20H18F3NO2. The minimum atomic E-state index is -4.45. The Morgan fingerprint density at radius 2 is 1.65 bits per heavy atom. The Labute approximate surface area is 149 Å². The molecule has 1 aliphatic heterocycles. The number of hydrogen-bond acceptors (Lipinski definition) is 3. The first-order chi connectivity index (χ1) is 12.4. The fourth-order valence-electron chi connectivity index (χ4n) is 2.82. The lowest BCUT2D eigenvalue weighted by Crippen LogP contribution is -2.36. The zero-order chi connectivity index (χ0) is 18.6. The summed E-state index contributed by atoms with van der Waals surface area (Å²) in [6.07, 6.45) is -2.07. The van der Waals surface area contributed by atoms with Crippen LogP contribution in [-0.4, -0.2) is 32.1 Å². The highest BCUT2D eigenvalue weighted by Crippen LogP contribution is 2.32. The summed E-state index contributed by atoms with van der Waals surface area (Å²) >= 11 is 0. The maximum absolute atomic E-state index is 13.0. The Bertz CT molecular complexity index is 791. The van der Waals surface area contributed by atoms with Crippen LogP contribution in [0.3, 0.4) is 0 Å². The first-order valence-electron chi connectivity index (χ1n) is 8.26. The van der Waals surface area contributed by atoms with Gasteiger partial charge in [0.2, 0.25) is 0 Å². The first kappa shape index (κ1) is 18.2. The number of alkyl halides is 3. The van der Waals surface area contributed by atoms with Crippen LogP contribution >= 0.6 is 0 Å². The van der Waals surface area contributed by atoms with Gasteiger partial charge in [-0.25, -0.2) is 0 Å². The Morgan fingerprint density at radius 1 is 1.00 bits per heavy atom. The maximum atomic E-state index is 13.0. The highest BCUT2D eigenvalue weighted by molar-refractivity contribution is 6.07. The minimum absolute atomic E-state index is 0.0294. The molecule has 2 aromatic carbocycles. The molecule has 0 N–H and O–H groups in total. The molecule has 0 aromatic heterocycles. The smallest absolute Gasteiger partial charge is 0.378 e. The Balaban J connectivity index is 1.73. The lowest BCUT2D eigenvalue weighted by molar-refractivity contribution is -0.137. The van der Waals surface area contributed by atoms with Crippen molar-refractivity contribution in [2.24, 2.45) is 0 Å².